The van der Waals surface area contributed by atoms with Crippen LogP contribution >= 0.6 is 0 Å². The maximum Gasteiger partial charge on any atom is 0.314 e. The molecule has 0 saturated heterocycles. The molecule has 1 rings (SSSR count). The third-order valence-corrected chi connectivity index (χ3v) is 4.32. The summed E-state index contributed by atoms with van der Waals surface area (Å²) in [5, 5.41) is 10.9. The second-order valence-electron chi connectivity index (χ2n) is 7.25. The molecule has 1 aromatic carbocycles. The van der Waals surface area contributed by atoms with Crippen molar-refractivity contribution in [1.29, 1.82) is 0 Å². The number of esters is 1. The van der Waals surface area contributed by atoms with Gasteiger partial charge in [-0.15, -0.1) is 0 Å². The van der Waals surface area contributed by atoms with Gasteiger partial charge in [-0.25, -0.2) is 0 Å². The predicted octanol–water partition coefficient (Wildman–Crippen LogP) is 3.78. The molecule has 21 heavy (non-hydrogen) atoms. The average Bonchev–Trinajstić information content (AvgIpc) is 2.37. The highest BCUT2D eigenvalue weighted by Gasteiger charge is 2.47. The monoisotopic (exact) mass is 292 g/mol. The summed E-state index contributed by atoms with van der Waals surface area (Å²) in [4.78, 5) is 12.1. The van der Waals surface area contributed by atoms with E-state index in [0.717, 1.165) is 0 Å². The Bertz CT molecular complexity index is 490. The summed E-state index contributed by atoms with van der Waals surface area (Å²) in [5.74, 6) is -0.394. The first kappa shape index (κ1) is 17.7. The molecule has 1 atom stereocenters. The van der Waals surface area contributed by atoms with Crippen LogP contribution in [0.5, 0.6) is 0 Å². The smallest absolute Gasteiger partial charge is 0.314 e. The van der Waals surface area contributed by atoms with Crippen LogP contribution in [-0.2, 0) is 20.5 Å². The number of carbonyl (C=O) groups is 1. The summed E-state index contributed by atoms with van der Waals surface area (Å²) in [6, 6.07) is 7.79. The number of carbonyl (C=O) groups excluding carboxylic acids is 1. The number of aliphatic hydroxyl groups is 1. The predicted molar refractivity (Wildman–Crippen MR) is 85.1 cm³/mol. The molecule has 0 heterocycles. The lowest BCUT2D eigenvalue weighted by Gasteiger charge is -2.38. The molecule has 0 radical (unpaired) electrons. The highest BCUT2D eigenvalue weighted by atomic mass is 16.5. The van der Waals surface area contributed by atoms with Crippen LogP contribution in [0.4, 0.5) is 0 Å². The minimum absolute atomic E-state index is 0.0566. The number of rotatable bonds is 4. The third-order valence-electron chi connectivity index (χ3n) is 4.32. The van der Waals surface area contributed by atoms with Gasteiger partial charge in [-0.05, 0) is 44.2 Å². The van der Waals surface area contributed by atoms with E-state index in [4.69, 9.17) is 4.74 Å². The molecule has 0 aliphatic heterocycles. The van der Waals surface area contributed by atoms with E-state index in [0.29, 0.717) is 12.2 Å². The standard InChI is InChI=1S/C18H28O3/c1-8-21-15(19)17(5,6)18(7,20)14-11-9-13(10-12-14)16(2,3)4/h9-12,20H,8H2,1-7H3. The molecule has 0 aliphatic carbocycles. The van der Waals surface area contributed by atoms with Crippen molar-refractivity contribution >= 4 is 5.97 Å². The molecule has 118 valence electrons. The molecular weight excluding hydrogens is 264 g/mol. The van der Waals surface area contributed by atoms with Crippen molar-refractivity contribution in [2.45, 2.75) is 59.5 Å². The van der Waals surface area contributed by atoms with Crippen molar-refractivity contribution < 1.29 is 14.6 Å². The Labute approximate surface area is 128 Å². The lowest BCUT2D eigenvalue weighted by Crippen LogP contribution is -2.46. The summed E-state index contributed by atoms with van der Waals surface area (Å²) < 4.78 is 5.09. The van der Waals surface area contributed by atoms with Crippen molar-refractivity contribution in [3.05, 3.63) is 35.4 Å². The zero-order valence-corrected chi connectivity index (χ0v) is 14.3. The largest absolute Gasteiger partial charge is 0.465 e. The Morgan fingerprint density at radius 2 is 1.43 bits per heavy atom. The molecule has 0 spiro atoms. The molecule has 3 nitrogen and oxygen atoms in total. The van der Waals surface area contributed by atoms with Gasteiger partial charge in [-0.2, -0.15) is 0 Å². The van der Waals surface area contributed by atoms with Crippen molar-refractivity contribution in [3.8, 4) is 0 Å². The van der Waals surface area contributed by atoms with Crippen molar-refractivity contribution in [1.82, 2.24) is 0 Å². The van der Waals surface area contributed by atoms with Crippen LogP contribution in [-0.4, -0.2) is 17.7 Å². The summed E-state index contributed by atoms with van der Waals surface area (Å²) in [5.41, 5.74) is -0.354. The average molecular weight is 292 g/mol. The van der Waals surface area contributed by atoms with Gasteiger partial charge in [0.25, 0.3) is 0 Å². The Morgan fingerprint density at radius 1 is 1.00 bits per heavy atom. The summed E-state index contributed by atoms with van der Waals surface area (Å²) in [6.45, 7) is 13.6. The van der Waals surface area contributed by atoms with Gasteiger partial charge >= 0.3 is 5.97 Å². The number of benzene rings is 1. The quantitative estimate of drug-likeness (QED) is 0.859. The Kier molecular flexibility index (Phi) is 4.89. The second kappa shape index (κ2) is 5.80. The van der Waals surface area contributed by atoms with E-state index in [1.54, 1.807) is 27.7 Å². The SMILES string of the molecule is CCOC(=O)C(C)(C)C(C)(O)c1ccc(C(C)(C)C)cc1. The lowest BCUT2D eigenvalue weighted by atomic mass is 9.71. The summed E-state index contributed by atoms with van der Waals surface area (Å²) in [6.07, 6.45) is 0. The number of hydrogen-bond donors (Lipinski definition) is 1. The molecule has 0 fully saturated rings. The van der Waals surface area contributed by atoms with Crippen LogP contribution in [0.3, 0.4) is 0 Å². The molecule has 1 aromatic rings. The van der Waals surface area contributed by atoms with E-state index < -0.39 is 17.0 Å². The Balaban J connectivity index is 3.15. The van der Waals surface area contributed by atoms with Gasteiger partial charge in [0.2, 0.25) is 0 Å². The molecule has 0 aromatic heterocycles. The maximum absolute atomic E-state index is 12.1. The van der Waals surface area contributed by atoms with Crippen LogP contribution in [0, 0.1) is 5.41 Å². The van der Waals surface area contributed by atoms with Crippen LogP contribution in [0.15, 0.2) is 24.3 Å². The number of hydrogen-bond acceptors (Lipinski definition) is 3. The van der Waals surface area contributed by atoms with E-state index in [9.17, 15) is 9.90 Å². The van der Waals surface area contributed by atoms with Crippen molar-refractivity contribution in [2.24, 2.45) is 5.41 Å². The fraction of sp³-hybridized carbons (Fsp3) is 0.611. The second-order valence-corrected chi connectivity index (χ2v) is 7.25. The Morgan fingerprint density at radius 3 is 1.81 bits per heavy atom. The fourth-order valence-corrected chi connectivity index (χ4v) is 2.17. The van der Waals surface area contributed by atoms with Crippen LogP contribution in [0.2, 0.25) is 0 Å². The van der Waals surface area contributed by atoms with E-state index >= 15 is 0 Å². The zero-order valence-electron chi connectivity index (χ0n) is 14.3. The van der Waals surface area contributed by atoms with Crippen molar-refractivity contribution in [2.75, 3.05) is 6.61 Å². The summed E-state index contributed by atoms with van der Waals surface area (Å²) in [7, 11) is 0. The molecular formula is C18H28O3. The topological polar surface area (TPSA) is 46.5 Å². The molecule has 1 unspecified atom stereocenters. The van der Waals surface area contributed by atoms with Gasteiger partial charge in [0, 0.05) is 0 Å². The minimum Gasteiger partial charge on any atom is -0.465 e. The van der Waals surface area contributed by atoms with Gasteiger partial charge in [0.1, 0.15) is 5.60 Å². The normalized spacial score (nSPS) is 15.4. The molecule has 0 bridgehead atoms. The highest BCUT2D eigenvalue weighted by molar-refractivity contribution is 5.77. The molecule has 0 saturated carbocycles. The van der Waals surface area contributed by atoms with Gasteiger partial charge in [-0.3, -0.25) is 4.79 Å². The minimum atomic E-state index is -1.30. The summed E-state index contributed by atoms with van der Waals surface area (Å²) >= 11 is 0. The van der Waals surface area contributed by atoms with Gasteiger partial charge < -0.3 is 9.84 Å². The highest BCUT2D eigenvalue weighted by Crippen LogP contribution is 2.40. The molecule has 3 heteroatoms. The van der Waals surface area contributed by atoms with E-state index in [1.807, 2.05) is 24.3 Å². The van der Waals surface area contributed by atoms with E-state index in [1.165, 1.54) is 5.56 Å². The van der Waals surface area contributed by atoms with Crippen LogP contribution in [0.1, 0.15) is 59.6 Å². The van der Waals surface area contributed by atoms with Gasteiger partial charge in [-0.1, -0.05) is 45.0 Å². The molecule has 0 aliphatic rings. The molecule has 1 N–H and O–H groups in total. The van der Waals surface area contributed by atoms with E-state index in [2.05, 4.69) is 20.8 Å². The van der Waals surface area contributed by atoms with E-state index in [-0.39, 0.29) is 5.41 Å². The first-order chi connectivity index (χ1) is 9.44. The van der Waals surface area contributed by atoms with Gasteiger partial charge in [0.05, 0.1) is 12.0 Å². The van der Waals surface area contributed by atoms with Gasteiger partial charge in [0.15, 0.2) is 0 Å². The number of ether oxygens (including phenoxy) is 1. The lowest BCUT2D eigenvalue weighted by molar-refractivity contribution is -0.170. The first-order valence-corrected chi connectivity index (χ1v) is 7.45. The first-order valence-electron chi connectivity index (χ1n) is 7.45. The maximum atomic E-state index is 12.1. The Hall–Kier alpha value is -1.35. The van der Waals surface area contributed by atoms with Crippen molar-refractivity contribution in [3.63, 3.8) is 0 Å². The third kappa shape index (κ3) is 3.46. The fourth-order valence-electron chi connectivity index (χ4n) is 2.17. The molecule has 0 amide bonds. The zero-order chi connectivity index (χ0) is 16.5. The van der Waals surface area contributed by atoms with Crippen LogP contribution in [0.25, 0.3) is 0 Å². The van der Waals surface area contributed by atoms with Crippen LogP contribution < -0.4 is 0 Å².